The van der Waals surface area contributed by atoms with Gasteiger partial charge in [-0.25, -0.2) is 0 Å². The molecule has 11 atom stereocenters. The third-order valence-corrected chi connectivity index (χ3v) is 8.64. The monoisotopic (exact) mass is 711 g/mol. The molecule has 1 unspecified atom stereocenters. The Labute approximate surface area is 273 Å². The SMILES string of the molecule is Cc1c(OCC(F)(F)F)ccnc1C[S+]([O-])c1nc2ccccc2[nH]1.OC[C@H]1O[C@@H](O[C@H]2[C@H](O)[C@@H](O)[C@H](O)O[C@@H]2CO)[C@H](O)[C@@H](O)[C@H]1O. The minimum absolute atomic E-state index is 0.0227. The van der Waals surface area contributed by atoms with Crippen LogP contribution in [-0.4, -0.2) is 148 Å². The molecule has 16 nitrogen and oxygen atoms in total. The van der Waals surface area contributed by atoms with Crippen LogP contribution >= 0.6 is 0 Å². The Kier molecular flexibility index (Phi) is 13.0. The number of nitrogens with zero attached hydrogens (tertiary/aromatic N) is 2. The van der Waals surface area contributed by atoms with Crippen LogP contribution in [0.4, 0.5) is 13.2 Å². The number of aromatic amines is 1. The molecule has 2 saturated heterocycles. The molecule has 1 aromatic carbocycles. The van der Waals surface area contributed by atoms with Crippen molar-refractivity contribution in [2.24, 2.45) is 0 Å². The number of halogens is 3. The first-order chi connectivity index (χ1) is 22.6. The maximum atomic E-state index is 12.5. The second-order valence-electron chi connectivity index (χ2n) is 10.9. The van der Waals surface area contributed by atoms with Crippen LogP contribution in [0.3, 0.4) is 0 Å². The molecule has 0 saturated carbocycles. The number of pyridine rings is 1. The summed E-state index contributed by atoms with van der Waals surface area (Å²) in [5.41, 5.74) is 2.28. The van der Waals surface area contributed by atoms with E-state index in [0.29, 0.717) is 21.9 Å². The van der Waals surface area contributed by atoms with Crippen LogP contribution in [0.5, 0.6) is 5.75 Å². The van der Waals surface area contributed by atoms with E-state index >= 15 is 0 Å². The summed E-state index contributed by atoms with van der Waals surface area (Å²) >= 11 is -1.51. The lowest BCUT2D eigenvalue weighted by atomic mass is 9.97. The Morgan fingerprint density at radius 2 is 1.60 bits per heavy atom. The number of fused-ring (bicyclic) bond motifs is 1. The molecule has 3 aromatic rings. The van der Waals surface area contributed by atoms with Crippen LogP contribution in [0.2, 0.25) is 0 Å². The molecule has 268 valence electrons. The zero-order valence-electron chi connectivity index (χ0n) is 25.1. The van der Waals surface area contributed by atoms with Crippen LogP contribution in [0.1, 0.15) is 11.3 Å². The van der Waals surface area contributed by atoms with Crippen molar-refractivity contribution in [3.05, 3.63) is 47.8 Å². The van der Waals surface area contributed by atoms with E-state index in [9.17, 15) is 53.5 Å². The number of imidazole rings is 1. The lowest BCUT2D eigenvalue weighted by molar-refractivity contribution is -0.355. The first-order valence-corrected chi connectivity index (χ1v) is 15.7. The summed E-state index contributed by atoms with van der Waals surface area (Å²) in [5, 5.41) is 76.8. The van der Waals surface area contributed by atoms with Crippen molar-refractivity contribution >= 4 is 22.2 Å². The lowest BCUT2D eigenvalue weighted by Gasteiger charge is -2.45. The topological polar surface area (TPSA) is 263 Å². The highest BCUT2D eigenvalue weighted by molar-refractivity contribution is 7.90. The summed E-state index contributed by atoms with van der Waals surface area (Å²) in [4.78, 5) is 11.3. The summed E-state index contributed by atoms with van der Waals surface area (Å²) in [6.07, 6.45) is -18.7. The quantitative estimate of drug-likeness (QED) is 0.110. The van der Waals surface area contributed by atoms with Crippen LogP contribution in [0.15, 0.2) is 41.7 Å². The Balaban J connectivity index is 0.000000218. The van der Waals surface area contributed by atoms with E-state index in [4.69, 9.17) is 24.1 Å². The van der Waals surface area contributed by atoms with Gasteiger partial charge in [-0.2, -0.15) is 18.2 Å². The number of hydrogen-bond acceptors (Lipinski definition) is 15. The third-order valence-electron chi connectivity index (χ3n) is 7.48. The molecule has 48 heavy (non-hydrogen) atoms. The predicted octanol–water partition coefficient (Wildman–Crippen LogP) is -1.88. The van der Waals surface area contributed by atoms with E-state index in [1.54, 1.807) is 13.0 Å². The molecule has 2 aromatic heterocycles. The highest BCUT2D eigenvalue weighted by atomic mass is 32.2. The van der Waals surface area contributed by atoms with Gasteiger partial charge in [0.2, 0.25) is 0 Å². The van der Waals surface area contributed by atoms with Gasteiger partial charge in [0.1, 0.15) is 54.6 Å². The van der Waals surface area contributed by atoms with Crippen LogP contribution < -0.4 is 4.74 Å². The molecule has 20 heteroatoms. The maximum Gasteiger partial charge on any atom is 0.422 e. The van der Waals surface area contributed by atoms with Gasteiger partial charge in [0.15, 0.2) is 24.9 Å². The molecular formula is C28H36F3N3O13S. The molecule has 0 bridgehead atoms. The average molecular weight is 712 g/mol. The molecule has 2 aliphatic rings. The molecule has 0 radical (unpaired) electrons. The Morgan fingerprint density at radius 3 is 2.25 bits per heavy atom. The minimum Gasteiger partial charge on any atom is -0.609 e. The predicted molar refractivity (Wildman–Crippen MR) is 155 cm³/mol. The van der Waals surface area contributed by atoms with E-state index in [-0.39, 0.29) is 11.5 Å². The largest absolute Gasteiger partial charge is 0.609 e. The van der Waals surface area contributed by atoms with Gasteiger partial charge in [-0.1, -0.05) is 12.1 Å². The number of aliphatic hydroxyl groups is 8. The van der Waals surface area contributed by atoms with Crippen molar-refractivity contribution in [1.82, 2.24) is 15.0 Å². The van der Waals surface area contributed by atoms with E-state index < -0.39 is 98.6 Å². The number of H-pyrrole nitrogens is 1. The van der Waals surface area contributed by atoms with Gasteiger partial charge in [-0.3, -0.25) is 9.97 Å². The first-order valence-electron chi connectivity index (χ1n) is 14.4. The zero-order valence-corrected chi connectivity index (χ0v) is 25.9. The number of aromatic nitrogens is 3. The van der Waals surface area contributed by atoms with Gasteiger partial charge < -0.3 is 64.4 Å². The number of benzene rings is 1. The van der Waals surface area contributed by atoms with Gasteiger partial charge in [-0.15, -0.1) is 0 Å². The standard InChI is InChI=1S/C16H14F3N3O2S.C12H22O11/c1-10-13(20-7-6-14(10)24-9-16(17,18)19)8-25(23)15-21-11-4-2-3-5-12(11)22-15;13-1-3-5(15)6(16)9(19)12(22-3)23-10-4(2-14)21-11(20)8(18)7(10)17/h2-7H,8-9H2,1H3,(H,21,22);3-20H,1-2H2/t;3-,4-,5+,6+,7-,8-,9-,10-,11-,12+/m.1/s1. The number of hydrogen-bond donors (Lipinski definition) is 9. The van der Waals surface area contributed by atoms with Gasteiger partial charge in [0.25, 0.3) is 0 Å². The summed E-state index contributed by atoms with van der Waals surface area (Å²) in [6, 6.07) is 8.62. The van der Waals surface area contributed by atoms with E-state index in [1.807, 2.05) is 18.2 Å². The molecule has 5 rings (SSSR count). The number of nitrogens with one attached hydrogen (secondary N) is 1. The molecule has 2 fully saturated rings. The number of ether oxygens (including phenoxy) is 4. The van der Waals surface area contributed by atoms with Crippen molar-refractivity contribution in [2.75, 3.05) is 19.8 Å². The van der Waals surface area contributed by atoms with Crippen LogP contribution in [-0.2, 0) is 31.1 Å². The van der Waals surface area contributed by atoms with Crippen LogP contribution in [0, 0.1) is 6.92 Å². The Bertz CT molecular complexity index is 1440. The number of para-hydroxylation sites is 2. The van der Waals surface area contributed by atoms with Crippen molar-refractivity contribution in [3.8, 4) is 5.75 Å². The molecule has 0 aliphatic carbocycles. The first kappa shape index (κ1) is 38.1. The van der Waals surface area contributed by atoms with E-state index in [1.165, 1.54) is 12.3 Å². The summed E-state index contributed by atoms with van der Waals surface area (Å²) in [7, 11) is 0. The van der Waals surface area contributed by atoms with Crippen molar-refractivity contribution in [3.63, 3.8) is 0 Å². The summed E-state index contributed by atoms with van der Waals surface area (Å²) in [5.74, 6) is 0.0958. The fourth-order valence-electron chi connectivity index (χ4n) is 4.82. The average Bonchev–Trinajstić information content (AvgIpc) is 3.50. The molecule has 0 amide bonds. The number of alkyl halides is 3. The smallest absolute Gasteiger partial charge is 0.422 e. The Morgan fingerprint density at radius 1 is 0.917 bits per heavy atom. The van der Waals surface area contributed by atoms with E-state index in [0.717, 1.165) is 5.52 Å². The minimum atomic E-state index is -4.42. The molecular weight excluding hydrogens is 675 g/mol. The van der Waals surface area contributed by atoms with Gasteiger partial charge in [0, 0.05) is 22.9 Å². The van der Waals surface area contributed by atoms with Crippen LogP contribution in [0.25, 0.3) is 11.0 Å². The third kappa shape index (κ3) is 9.09. The summed E-state index contributed by atoms with van der Waals surface area (Å²) in [6.45, 7) is -1.14. The maximum absolute atomic E-state index is 12.5. The normalized spacial score (nSPS) is 31.6. The number of aliphatic hydroxyl groups excluding tert-OH is 8. The molecule has 4 heterocycles. The zero-order chi connectivity index (χ0) is 35.3. The second kappa shape index (κ2) is 16.3. The van der Waals surface area contributed by atoms with E-state index in [2.05, 4.69) is 15.0 Å². The highest BCUT2D eigenvalue weighted by Gasteiger charge is 2.50. The van der Waals surface area contributed by atoms with Gasteiger partial charge in [-0.05, 0) is 25.1 Å². The molecule has 9 N–H and O–H groups in total. The highest BCUT2D eigenvalue weighted by Crippen LogP contribution is 2.29. The van der Waals surface area contributed by atoms with Crippen molar-refractivity contribution in [2.45, 2.75) is 85.4 Å². The molecule has 2 aliphatic heterocycles. The van der Waals surface area contributed by atoms with Crippen molar-refractivity contribution in [1.29, 1.82) is 0 Å². The lowest BCUT2D eigenvalue weighted by Crippen LogP contribution is -2.64. The second-order valence-corrected chi connectivity index (χ2v) is 12.2. The fraction of sp³-hybridized carbons (Fsp3) is 0.571. The molecule has 0 spiro atoms. The van der Waals surface area contributed by atoms with Crippen molar-refractivity contribution < 1.29 is 77.5 Å². The fourth-order valence-corrected chi connectivity index (χ4v) is 5.92. The van der Waals surface area contributed by atoms with Gasteiger partial charge in [0.05, 0.1) is 29.9 Å². The summed E-state index contributed by atoms with van der Waals surface area (Å²) < 4.78 is 69.5. The Hall–Kier alpha value is -2.70. The van der Waals surface area contributed by atoms with Gasteiger partial charge >= 0.3 is 11.3 Å². The number of rotatable bonds is 9.